The Labute approximate surface area is 250 Å². The minimum Gasteiger partial charge on any atom is -0.371 e. The molecule has 2 aromatic carbocycles. The van der Waals surface area contributed by atoms with Crippen molar-refractivity contribution in [3.05, 3.63) is 64.7 Å². The first-order chi connectivity index (χ1) is 20.0. The number of rotatable bonds is 6. The second-order valence-electron chi connectivity index (χ2n) is 12.1. The van der Waals surface area contributed by atoms with Gasteiger partial charge in [-0.2, -0.15) is 13.2 Å². The largest absolute Gasteiger partial charge is 0.430 e. The van der Waals surface area contributed by atoms with Crippen molar-refractivity contribution in [2.24, 2.45) is 11.8 Å². The number of likely N-dealkylation sites (tertiary alicyclic amines) is 2. The number of amides is 2. The molecule has 0 unspecified atom stereocenters. The fraction of sp³-hybridized carbons (Fsp3) is 0.562. The van der Waals surface area contributed by atoms with Crippen LogP contribution in [0, 0.1) is 11.8 Å². The van der Waals surface area contributed by atoms with Crippen LogP contribution in [-0.4, -0.2) is 71.7 Å². The Morgan fingerprint density at radius 3 is 2.07 bits per heavy atom. The normalized spacial score (nSPS) is 22.3. The van der Waals surface area contributed by atoms with E-state index in [1.807, 2.05) is 23.1 Å². The number of halogens is 4. The monoisotopic (exact) mass is 605 g/mol. The maximum atomic E-state index is 14.0. The van der Waals surface area contributed by atoms with Crippen LogP contribution in [0.25, 0.3) is 0 Å². The Bertz CT molecular complexity index is 1260. The smallest absolute Gasteiger partial charge is 0.371 e. The van der Waals surface area contributed by atoms with Crippen molar-refractivity contribution in [1.82, 2.24) is 9.80 Å². The molecule has 0 aromatic heterocycles. The molecule has 228 valence electrons. The number of hydrogen-bond donors (Lipinski definition) is 1. The van der Waals surface area contributed by atoms with Gasteiger partial charge in [-0.15, -0.1) is 0 Å². The lowest BCUT2D eigenvalue weighted by atomic mass is 9.82. The highest BCUT2D eigenvalue weighted by Crippen LogP contribution is 2.41. The number of anilines is 1. The van der Waals surface area contributed by atoms with Gasteiger partial charge < -0.3 is 19.8 Å². The van der Waals surface area contributed by atoms with Crippen molar-refractivity contribution in [3.8, 4) is 0 Å². The van der Waals surface area contributed by atoms with Gasteiger partial charge in [0.1, 0.15) is 0 Å². The van der Waals surface area contributed by atoms with Gasteiger partial charge in [-0.1, -0.05) is 41.9 Å². The number of hydrogen-bond acceptors (Lipinski definition) is 4. The number of alkyl halides is 3. The van der Waals surface area contributed by atoms with Crippen molar-refractivity contribution in [2.45, 2.75) is 69.7 Å². The summed E-state index contributed by atoms with van der Waals surface area (Å²) in [5.41, 5.74) is -2.45. The fourth-order valence-corrected chi connectivity index (χ4v) is 7.11. The molecule has 0 saturated carbocycles. The summed E-state index contributed by atoms with van der Waals surface area (Å²) in [5.74, 6) is -0.479. The van der Waals surface area contributed by atoms with E-state index in [1.165, 1.54) is 17.0 Å². The molecule has 2 aromatic rings. The average Bonchev–Trinajstić information content (AvgIpc) is 3.42. The third-order valence-electron chi connectivity index (χ3n) is 9.46. The van der Waals surface area contributed by atoms with Crippen molar-refractivity contribution in [3.63, 3.8) is 0 Å². The molecule has 6 nitrogen and oxygen atoms in total. The Morgan fingerprint density at radius 1 is 0.905 bits per heavy atom. The first-order valence-corrected chi connectivity index (χ1v) is 15.4. The zero-order valence-electron chi connectivity index (χ0n) is 24.0. The summed E-state index contributed by atoms with van der Waals surface area (Å²) in [5, 5.41) is 11.1. The molecule has 0 spiro atoms. The van der Waals surface area contributed by atoms with Gasteiger partial charge in [0.25, 0.3) is 17.4 Å². The first kappa shape index (κ1) is 30.7. The summed E-state index contributed by atoms with van der Waals surface area (Å²) in [6, 6.07) is 12.5. The molecule has 3 aliphatic heterocycles. The fourth-order valence-electron chi connectivity index (χ4n) is 6.85. The highest BCUT2D eigenvalue weighted by Gasteiger charge is 2.62. The van der Waals surface area contributed by atoms with Crippen LogP contribution in [0.4, 0.5) is 18.9 Å². The average molecular weight is 606 g/mol. The third-order valence-corrected chi connectivity index (χ3v) is 9.77. The minimum absolute atomic E-state index is 0.00819. The maximum absolute atomic E-state index is 14.0. The number of benzene rings is 2. The molecule has 10 heteroatoms. The van der Waals surface area contributed by atoms with Crippen LogP contribution in [0.1, 0.15) is 67.8 Å². The van der Waals surface area contributed by atoms with Gasteiger partial charge >= 0.3 is 6.18 Å². The summed E-state index contributed by atoms with van der Waals surface area (Å²) in [6.07, 6.45) is 1.11. The zero-order valence-corrected chi connectivity index (χ0v) is 24.7. The Kier molecular flexibility index (Phi) is 9.09. The number of nitrogens with zero attached hydrogens (tertiary/aromatic N) is 3. The lowest BCUT2D eigenvalue weighted by Gasteiger charge is -2.40. The van der Waals surface area contributed by atoms with E-state index in [9.17, 15) is 27.9 Å². The van der Waals surface area contributed by atoms with E-state index >= 15 is 0 Å². The molecule has 5 rings (SSSR count). The summed E-state index contributed by atoms with van der Waals surface area (Å²) >= 11 is 6.57. The SMILES string of the molecule is C[C@H]1CCCN1C(=O)c1ccc(N2CCC(CC3CCN(C(=O)[C@](O)(c4ccccc4)C(F)(F)F)CC3)CC2)cc1Cl. The van der Waals surface area contributed by atoms with Crippen LogP contribution in [0.2, 0.25) is 5.02 Å². The molecule has 1 N–H and O–H groups in total. The molecule has 2 atom stereocenters. The van der Waals surface area contributed by atoms with Crippen molar-refractivity contribution >= 4 is 29.1 Å². The van der Waals surface area contributed by atoms with Crippen LogP contribution < -0.4 is 4.90 Å². The second-order valence-corrected chi connectivity index (χ2v) is 12.5. The van der Waals surface area contributed by atoms with Gasteiger partial charge in [0.2, 0.25) is 0 Å². The summed E-state index contributed by atoms with van der Waals surface area (Å²) in [6.45, 7) is 4.97. The summed E-state index contributed by atoms with van der Waals surface area (Å²) in [7, 11) is 0. The Morgan fingerprint density at radius 2 is 1.52 bits per heavy atom. The van der Waals surface area contributed by atoms with E-state index in [2.05, 4.69) is 11.8 Å². The van der Waals surface area contributed by atoms with E-state index in [0.717, 1.165) is 69.6 Å². The molecule has 3 saturated heterocycles. The van der Waals surface area contributed by atoms with Crippen molar-refractivity contribution in [1.29, 1.82) is 0 Å². The number of piperidine rings is 2. The Balaban J connectivity index is 1.12. The summed E-state index contributed by atoms with van der Waals surface area (Å²) < 4.78 is 41.9. The molecule has 0 aliphatic carbocycles. The van der Waals surface area contributed by atoms with Gasteiger partial charge in [0, 0.05) is 50.0 Å². The molecule has 0 radical (unpaired) electrons. The molecular formula is C32H39ClF3N3O3. The maximum Gasteiger partial charge on any atom is 0.430 e. The minimum atomic E-state index is -5.12. The molecule has 3 aliphatic rings. The van der Waals surface area contributed by atoms with Gasteiger partial charge in [-0.3, -0.25) is 9.59 Å². The quantitative estimate of drug-likeness (QED) is 0.422. The number of carbonyl (C=O) groups excluding carboxylic acids is 2. The first-order valence-electron chi connectivity index (χ1n) is 15.0. The summed E-state index contributed by atoms with van der Waals surface area (Å²) in [4.78, 5) is 31.3. The standard InChI is InChI=1S/C32H39ClF3N3O3/c1-22-6-5-15-39(22)29(40)27-10-9-26(21-28(27)33)37-16-11-23(12-17-37)20-24-13-18-38(19-14-24)30(41)31(42,32(34,35)36)25-7-3-2-4-8-25/h2-4,7-10,21-24,42H,5-6,11-20H2,1H3/t22-,31+/m0/s1. The predicted octanol–water partition coefficient (Wildman–Crippen LogP) is 6.26. The van der Waals surface area contributed by atoms with E-state index in [1.54, 1.807) is 6.07 Å². The zero-order chi connectivity index (χ0) is 30.1. The van der Waals surface area contributed by atoms with Crippen LogP contribution in [-0.2, 0) is 10.4 Å². The highest BCUT2D eigenvalue weighted by atomic mass is 35.5. The topological polar surface area (TPSA) is 64.1 Å². The van der Waals surface area contributed by atoms with E-state index in [0.29, 0.717) is 35.3 Å². The van der Waals surface area contributed by atoms with Crippen molar-refractivity contribution < 1.29 is 27.9 Å². The number of carbonyl (C=O) groups is 2. The lowest BCUT2D eigenvalue weighted by molar-refractivity contribution is -0.262. The third kappa shape index (κ3) is 6.13. The lowest BCUT2D eigenvalue weighted by Crippen LogP contribution is -2.57. The van der Waals surface area contributed by atoms with E-state index in [4.69, 9.17) is 11.6 Å². The van der Waals surface area contributed by atoms with Gasteiger partial charge in [-0.05, 0) is 81.9 Å². The van der Waals surface area contributed by atoms with E-state index < -0.39 is 23.2 Å². The van der Waals surface area contributed by atoms with Crippen LogP contribution in [0.3, 0.4) is 0 Å². The molecular weight excluding hydrogens is 567 g/mol. The molecule has 42 heavy (non-hydrogen) atoms. The van der Waals surface area contributed by atoms with Crippen LogP contribution in [0.15, 0.2) is 48.5 Å². The number of aliphatic hydroxyl groups is 1. The molecule has 2 amide bonds. The molecule has 3 fully saturated rings. The van der Waals surface area contributed by atoms with Crippen molar-refractivity contribution in [2.75, 3.05) is 37.6 Å². The predicted molar refractivity (Wildman–Crippen MR) is 156 cm³/mol. The van der Waals surface area contributed by atoms with Crippen LogP contribution in [0.5, 0.6) is 0 Å². The highest BCUT2D eigenvalue weighted by molar-refractivity contribution is 6.34. The second kappa shape index (κ2) is 12.4. The van der Waals surface area contributed by atoms with Gasteiger partial charge in [0.05, 0.1) is 10.6 Å². The Hall–Kier alpha value is -2.78. The van der Waals surface area contributed by atoms with Gasteiger partial charge in [0.15, 0.2) is 0 Å². The van der Waals surface area contributed by atoms with Gasteiger partial charge in [-0.25, -0.2) is 0 Å². The molecule has 3 heterocycles. The van der Waals surface area contributed by atoms with E-state index in [-0.39, 0.29) is 25.0 Å². The van der Waals surface area contributed by atoms with Crippen LogP contribution >= 0.6 is 11.6 Å². The molecule has 0 bridgehead atoms.